The van der Waals surface area contributed by atoms with Crippen LogP contribution in [0.2, 0.25) is 5.02 Å². The Morgan fingerprint density at radius 2 is 1.65 bits per heavy atom. The summed E-state index contributed by atoms with van der Waals surface area (Å²) < 4.78 is 37.1. The van der Waals surface area contributed by atoms with Crippen molar-refractivity contribution in [3.63, 3.8) is 0 Å². The maximum Gasteiger partial charge on any atom is 0.454 e. The largest absolute Gasteiger partial charge is 0.454 e. The fourth-order valence-corrected chi connectivity index (χ4v) is 1.89. The molecule has 0 saturated heterocycles. The lowest BCUT2D eigenvalue weighted by Crippen LogP contribution is -2.22. The van der Waals surface area contributed by atoms with Gasteiger partial charge in [-0.1, -0.05) is 41.9 Å². The van der Waals surface area contributed by atoms with Crippen molar-refractivity contribution in [2.75, 3.05) is 0 Å². The van der Waals surface area contributed by atoms with Crippen LogP contribution in [0.4, 0.5) is 13.2 Å². The number of rotatable bonds is 1. The summed E-state index contributed by atoms with van der Waals surface area (Å²) in [5.41, 5.74) is 0.236. The monoisotopic (exact) mass is 258 g/mol. The van der Waals surface area contributed by atoms with E-state index in [1.165, 1.54) is 6.07 Å². The summed E-state index contributed by atoms with van der Waals surface area (Å²) in [7, 11) is 0. The number of carbonyl (C=O) groups excluding carboxylic acids is 1. The maximum absolute atomic E-state index is 12.4. The van der Waals surface area contributed by atoms with Crippen LogP contribution >= 0.6 is 11.6 Å². The molecule has 0 atom stereocenters. The lowest BCUT2D eigenvalue weighted by Gasteiger charge is -2.04. The van der Waals surface area contributed by atoms with E-state index >= 15 is 0 Å². The minimum atomic E-state index is -4.89. The summed E-state index contributed by atoms with van der Waals surface area (Å²) in [5, 5.41) is 0.142. The van der Waals surface area contributed by atoms with Crippen LogP contribution in [0.1, 0.15) is 10.4 Å². The van der Waals surface area contributed by atoms with Crippen molar-refractivity contribution < 1.29 is 18.0 Å². The minimum Gasteiger partial charge on any atom is -0.284 e. The van der Waals surface area contributed by atoms with Crippen LogP contribution in [0.3, 0.4) is 0 Å². The van der Waals surface area contributed by atoms with Crippen LogP contribution in [-0.4, -0.2) is 12.0 Å². The minimum absolute atomic E-state index is 0.142. The van der Waals surface area contributed by atoms with Crippen LogP contribution in [-0.2, 0) is 0 Å². The van der Waals surface area contributed by atoms with Gasteiger partial charge in [-0.15, -0.1) is 0 Å². The number of alkyl halides is 3. The van der Waals surface area contributed by atoms with E-state index in [-0.39, 0.29) is 10.6 Å². The summed E-state index contributed by atoms with van der Waals surface area (Å²) in [6, 6.07) is 8.94. The van der Waals surface area contributed by atoms with Crippen LogP contribution < -0.4 is 0 Å². The van der Waals surface area contributed by atoms with Crippen LogP contribution in [0.15, 0.2) is 36.4 Å². The number of ketones is 1. The number of halogens is 4. The Hall–Kier alpha value is -1.55. The Kier molecular flexibility index (Phi) is 2.83. The normalized spacial score (nSPS) is 11.8. The van der Waals surface area contributed by atoms with Gasteiger partial charge in [-0.25, -0.2) is 0 Å². The van der Waals surface area contributed by atoms with Gasteiger partial charge in [0.1, 0.15) is 0 Å². The molecule has 0 heterocycles. The van der Waals surface area contributed by atoms with Gasteiger partial charge in [-0.05, 0) is 11.6 Å². The third kappa shape index (κ3) is 2.13. The second kappa shape index (κ2) is 4.04. The molecule has 0 bridgehead atoms. The van der Waals surface area contributed by atoms with Crippen LogP contribution in [0, 0.1) is 0 Å². The molecule has 0 aromatic heterocycles. The quantitative estimate of drug-likeness (QED) is 0.701. The van der Waals surface area contributed by atoms with E-state index in [4.69, 9.17) is 11.6 Å². The molecule has 0 aliphatic heterocycles. The van der Waals surface area contributed by atoms with Crippen molar-refractivity contribution in [3.8, 4) is 11.1 Å². The number of Topliss-reactive ketones (excluding diaryl/α,β-unsaturated/α-hetero) is 1. The van der Waals surface area contributed by atoms with Gasteiger partial charge in [0.05, 0.1) is 0 Å². The summed E-state index contributed by atoms with van der Waals surface area (Å²) >= 11 is 5.81. The smallest absolute Gasteiger partial charge is 0.284 e. The van der Waals surface area contributed by atoms with Gasteiger partial charge in [0, 0.05) is 16.1 Å². The van der Waals surface area contributed by atoms with Gasteiger partial charge in [-0.3, -0.25) is 4.79 Å². The third-order valence-electron chi connectivity index (χ3n) is 2.36. The SMILES string of the molecule is O=C(c1cc(Cl)c2cccccc1-2)C(F)(F)F. The van der Waals surface area contributed by atoms with Crippen molar-refractivity contribution in [3.05, 3.63) is 47.0 Å². The van der Waals surface area contributed by atoms with Crippen molar-refractivity contribution in [1.29, 1.82) is 0 Å². The zero-order valence-electron chi connectivity index (χ0n) is 8.38. The Morgan fingerprint density at radius 3 is 2.24 bits per heavy atom. The standard InChI is InChI=1S/C12H6ClF3O/c13-10-6-9(11(17)12(14,15)16)7-4-2-1-3-5-8(7)10/h1-6H. The van der Waals surface area contributed by atoms with E-state index in [2.05, 4.69) is 0 Å². The molecule has 0 aromatic rings. The highest BCUT2D eigenvalue weighted by Gasteiger charge is 2.41. The lowest BCUT2D eigenvalue weighted by atomic mass is 10.1. The molecule has 0 amide bonds. The topological polar surface area (TPSA) is 17.1 Å². The molecule has 2 aliphatic carbocycles. The van der Waals surface area contributed by atoms with Gasteiger partial charge in [0.2, 0.25) is 0 Å². The van der Waals surface area contributed by atoms with Crippen LogP contribution in [0.5, 0.6) is 0 Å². The predicted octanol–water partition coefficient (Wildman–Crippen LogP) is 4.19. The van der Waals surface area contributed by atoms with E-state index in [0.717, 1.165) is 6.07 Å². The molecule has 5 heteroatoms. The highest BCUT2D eigenvalue weighted by molar-refractivity contribution is 6.35. The molecule has 1 nitrogen and oxygen atoms in total. The van der Waals surface area contributed by atoms with Gasteiger partial charge >= 0.3 is 6.18 Å². The van der Waals surface area contributed by atoms with E-state index in [9.17, 15) is 18.0 Å². The molecule has 0 unspecified atom stereocenters. The molecule has 0 aromatic carbocycles. The van der Waals surface area contributed by atoms with Gasteiger partial charge in [0.25, 0.3) is 5.78 Å². The zero-order valence-corrected chi connectivity index (χ0v) is 9.14. The van der Waals surface area contributed by atoms with E-state index < -0.39 is 17.5 Å². The van der Waals surface area contributed by atoms with Crippen molar-refractivity contribution in [2.24, 2.45) is 0 Å². The van der Waals surface area contributed by atoms with Crippen molar-refractivity contribution >= 4 is 17.4 Å². The lowest BCUT2D eigenvalue weighted by molar-refractivity contribution is -0.0884. The number of hydrogen-bond donors (Lipinski definition) is 0. The molecular formula is C12H6ClF3O. The molecule has 0 saturated carbocycles. The first-order valence-corrected chi connectivity index (χ1v) is 5.08. The summed E-state index contributed by atoms with van der Waals surface area (Å²) in [4.78, 5) is 11.2. The molecule has 0 radical (unpaired) electrons. The molecule has 0 spiro atoms. The average molecular weight is 259 g/mol. The van der Waals surface area contributed by atoms with Crippen LogP contribution in [0.25, 0.3) is 11.1 Å². The number of hydrogen-bond acceptors (Lipinski definition) is 1. The zero-order chi connectivity index (χ0) is 12.6. The molecule has 0 fully saturated rings. The molecular weight excluding hydrogens is 253 g/mol. The molecule has 0 N–H and O–H groups in total. The van der Waals surface area contributed by atoms with Gasteiger partial charge < -0.3 is 0 Å². The summed E-state index contributed by atoms with van der Waals surface area (Å²) in [6.07, 6.45) is -4.89. The fourth-order valence-electron chi connectivity index (χ4n) is 1.61. The Bertz CT molecular complexity index is 548. The highest BCUT2D eigenvalue weighted by atomic mass is 35.5. The Labute approximate surface area is 100 Å². The Morgan fingerprint density at radius 1 is 1.06 bits per heavy atom. The van der Waals surface area contributed by atoms with Gasteiger partial charge in [0.15, 0.2) is 0 Å². The second-order valence-electron chi connectivity index (χ2n) is 3.47. The van der Waals surface area contributed by atoms with Crippen molar-refractivity contribution in [1.82, 2.24) is 0 Å². The average Bonchev–Trinajstić information content (AvgIpc) is 2.45. The van der Waals surface area contributed by atoms with Gasteiger partial charge in [-0.2, -0.15) is 13.2 Å². The highest BCUT2D eigenvalue weighted by Crippen LogP contribution is 2.37. The van der Waals surface area contributed by atoms with E-state index in [0.29, 0.717) is 5.56 Å². The van der Waals surface area contributed by atoms with Crippen molar-refractivity contribution in [2.45, 2.75) is 6.18 Å². The maximum atomic E-state index is 12.4. The molecule has 2 rings (SSSR count). The number of fused-ring (bicyclic) bond motifs is 1. The first-order valence-electron chi connectivity index (χ1n) is 4.70. The van der Waals surface area contributed by atoms with E-state index in [1.807, 2.05) is 0 Å². The second-order valence-corrected chi connectivity index (χ2v) is 3.88. The molecule has 2 aliphatic rings. The summed E-state index contributed by atoms with van der Waals surface area (Å²) in [5.74, 6) is -1.87. The molecule has 17 heavy (non-hydrogen) atoms. The predicted molar refractivity (Wildman–Crippen MR) is 58.5 cm³/mol. The first kappa shape index (κ1) is 11.9. The first-order chi connectivity index (χ1) is 7.91. The number of carbonyl (C=O) groups is 1. The molecule has 88 valence electrons. The third-order valence-corrected chi connectivity index (χ3v) is 2.67. The summed E-state index contributed by atoms with van der Waals surface area (Å²) in [6.45, 7) is 0. The Balaban J connectivity index is 2.63. The fraction of sp³-hybridized carbons (Fsp3) is 0.0833. The van der Waals surface area contributed by atoms with E-state index in [1.54, 1.807) is 24.3 Å².